The van der Waals surface area contributed by atoms with E-state index in [2.05, 4.69) is 47.8 Å². The van der Waals surface area contributed by atoms with Gasteiger partial charge in [0.1, 0.15) is 5.65 Å². The zero-order valence-electron chi connectivity index (χ0n) is 9.85. The number of hydrogen-bond acceptors (Lipinski definition) is 2. The van der Waals surface area contributed by atoms with Gasteiger partial charge in [-0.25, -0.2) is 4.98 Å². The van der Waals surface area contributed by atoms with Gasteiger partial charge in [-0.05, 0) is 45.0 Å². The van der Waals surface area contributed by atoms with Crippen LogP contribution in [0.5, 0.6) is 0 Å². The summed E-state index contributed by atoms with van der Waals surface area (Å²) in [4.78, 5) is 7.10. The van der Waals surface area contributed by atoms with Crippen molar-refractivity contribution in [3.05, 3.63) is 35.8 Å². The molecule has 0 amide bonds. The van der Waals surface area contributed by atoms with Crippen molar-refractivity contribution in [2.45, 2.75) is 25.8 Å². The first kappa shape index (κ1) is 9.85. The van der Waals surface area contributed by atoms with Crippen molar-refractivity contribution >= 4 is 5.65 Å². The lowest BCUT2D eigenvalue weighted by molar-refractivity contribution is 0.313. The van der Waals surface area contributed by atoms with Crippen molar-refractivity contribution in [1.82, 2.24) is 14.3 Å². The smallest absolute Gasteiger partial charge is 0.137 e. The topological polar surface area (TPSA) is 20.5 Å². The standard InChI is InChI=1S/C13H17N3/c1-10-5-6-13-14-11(9-16(13)8-10)12-4-3-7-15(12)2/h5-6,8-9,12H,3-4,7H2,1-2H3. The van der Waals surface area contributed by atoms with Crippen LogP contribution in [0.2, 0.25) is 0 Å². The van der Waals surface area contributed by atoms with Gasteiger partial charge in [-0.15, -0.1) is 0 Å². The summed E-state index contributed by atoms with van der Waals surface area (Å²) >= 11 is 0. The first-order valence-electron chi connectivity index (χ1n) is 5.89. The number of likely N-dealkylation sites (tertiary alicyclic amines) is 1. The van der Waals surface area contributed by atoms with E-state index in [1.807, 2.05) is 0 Å². The van der Waals surface area contributed by atoms with E-state index in [1.54, 1.807) is 0 Å². The molecule has 0 saturated carbocycles. The van der Waals surface area contributed by atoms with E-state index in [0.29, 0.717) is 6.04 Å². The minimum absolute atomic E-state index is 0.514. The van der Waals surface area contributed by atoms with E-state index < -0.39 is 0 Å². The van der Waals surface area contributed by atoms with Gasteiger partial charge in [-0.1, -0.05) is 6.07 Å². The lowest BCUT2D eigenvalue weighted by atomic mass is 10.2. The van der Waals surface area contributed by atoms with Gasteiger partial charge in [0.25, 0.3) is 0 Å². The van der Waals surface area contributed by atoms with Crippen LogP contribution in [0.4, 0.5) is 0 Å². The van der Waals surface area contributed by atoms with Gasteiger partial charge in [0.2, 0.25) is 0 Å². The number of nitrogens with zero attached hydrogens (tertiary/aromatic N) is 3. The van der Waals surface area contributed by atoms with E-state index in [4.69, 9.17) is 4.98 Å². The molecule has 1 aliphatic heterocycles. The Hall–Kier alpha value is -1.35. The predicted octanol–water partition coefficient (Wildman–Crippen LogP) is 2.41. The largest absolute Gasteiger partial charge is 0.306 e. The number of fused-ring (bicyclic) bond motifs is 1. The first-order chi connectivity index (χ1) is 7.74. The third-order valence-electron chi connectivity index (χ3n) is 3.48. The summed E-state index contributed by atoms with van der Waals surface area (Å²) in [5.41, 5.74) is 3.54. The second-order valence-corrected chi connectivity index (χ2v) is 4.78. The third kappa shape index (κ3) is 1.52. The summed E-state index contributed by atoms with van der Waals surface area (Å²) in [6.45, 7) is 3.30. The monoisotopic (exact) mass is 215 g/mol. The van der Waals surface area contributed by atoms with Crippen LogP contribution in [0.3, 0.4) is 0 Å². The average molecular weight is 215 g/mol. The minimum atomic E-state index is 0.514. The Kier molecular flexibility index (Phi) is 2.21. The maximum Gasteiger partial charge on any atom is 0.137 e. The Labute approximate surface area is 95.7 Å². The Morgan fingerprint density at radius 3 is 2.94 bits per heavy atom. The van der Waals surface area contributed by atoms with Gasteiger partial charge in [-0.3, -0.25) is 4.90 Å². The molecule has 1 aliphatic rings. The summed E-state index contributed by atoms with van der Waals surface area (Å²) in [5, 5.41) is 0. The van der Waals surface area contributed by atoms with Crippen LogP contribution in [0.15, 0.2) is 24.5 Å². The van der Waals surface area contributed by atoms with Crippen molar-refractivity contribution in [3.63, 3.8) is 0 Å². The van der Waals surface area contributed by atoms with Crippen LogP contribution < -0.4 is 0 Å². The lowest BCUT2D eigenvalue weighted by Gasteiger charge is -2.16. The van der Waals surface area contributed by atoms with Crippen molar-refractivity contribution in [3.8, 4) is 0 Å². The maximum absolute atomic E-state index is 4.71. The number of hydrogen-bond donors (Lipinski definition) is 0. The molecule has 0 bridgehead atoms. The molecule has 1 fully saturated rings. The van der Waals surface area contributed by atoms with Crippen LogP contribution in [0.25, 0.3) is 5.65 Å². The molecule has 2 aromatic rings. The molecule has 2 aromatic heterocycles. The molecule has 3 heteroatoms. The summed E-state index contributed by atoms with van der Waals surface area (Å²) in [6, 6.07) is 4.72. The molecule has 0 spiro atoms. The second-order valence-electron chi connectivity index (χ2n) is 4.78. The molecule has 1 atom stereocenters. The van der Waals surface area contributed by atoms with E-state index in [1.165, 1.54) is 30.6 Å². The SMILES string of the molecule is Cc1ccc2nc(C3CCCN3C)cn2c1. The molecule has 84 valence electrons. The van der Waals surface area contributed by atoms with Gasteiger partial charge in [0.05, 0.1) is 11.7 Å². The van der Waals surface area contributed by atoms with E-state index in [0.717, 1.165) is 5.65 Å². The molecule has 3 heterocycles. The fraction of sp³-hybridized carbons (Fsp3) is 0.462. The minimum Gasteiger partial charge on any atom is -0.306 e. The Morgan fingerprint density at radius 2 is 2.19 bits per heavy atom. The zero-order valence-corrected chi connectivity index (χ0v) is 9.85. The van der Waals surface area contributed by atoms with Crippen LogP contribution >= 0.6 is 0 Å². The Bertz CT molecular complexity index is 515. The van der Waals surface area contributed by atoms with Gasteiger partial charge < -0.3 is 4.40 Å². The summed E-state index contributed by atoms with van der Waals surface area (Å²) < 4.78 is 2.14. The average Bonchev–Trinajstić information content (AvgIpc) is 2.82. The molecule has 0 radical (unpaired) electrons. The Morgan fingerprint density at radius 1 is 1.31 bits per heavy atom. The van der Waals surface area contributed by atoms with Crippen molar-refractivity contribution < 1.29 is 0 Å². The van der Waals surface area contributed by atoms with Gasteiger partial charge >= 0.3 is 0 Å². The normalized spacial score (nSPS) is 22.0. The van der Waals surface area contributed by atoms with Crippen LogP contribution in [-0.4, -0.2) is 27.9 Å². The van der Waals surface area contributed by atoms with Crippen molar-refractivity contribution in [1.29, 1.82) is 0 Å². The summed E-state index contributed by atoms with van der Waals surface area (Å²) in [6.07, 6.45) is 6.84. The fourth-order valence-corrected chi connectivity index (χ4v) is 2.57. The van der Waals surface area contributed by atoms with Gasteiger partial charge in [-0.2, -0.15) is 0 Å². The molecule has 0 N–H and O–H groups in total. The lowest BCUT2D eigenvalue weighted by Crippen LogP contribution is -2.17. The van der Waals surface area contributed by atoms with Gasteiger partial charge in [0.15, 0.2) is 0 Å². The highest BCUT2D eigenvalue weighted by Gasteiger charge is 2.24. The highest BCUT2D eigenvalue weighted by molar-refractivity contribution is 5.41. The third-order valence-corrected chi connectivity index (χ3v) is 3.48. The van der Waals surface area contributed by atoms with E-state index in [-0.39, 0.29) is 0 Å². The van der Waals surface area contributed by atoms with Gasteiger partial charge in [0, 0.05) is 12.4 Å². The molecule has 1 saturated heterocycles. The highest BCUT2D eigenvalue weighted by atomic mass is 15.2. The fourth-order valence-electron chi connectivity index (χ4n) is 2.57. The van der Waals surface area contributed by atoms with Crippen molar-refractivity contribution in [2.75, 3.05) is 13.6 Å². The molecule has 0 aromatic carbocycles. The second kappa shape index (κ2) is 3.59. The highest BCUT2D eigenvalue weighted by Crippen LogP contribution is 2.29. The van der Waals surface area contributed by atoms with Crippen molar-refractivity contribution in [2.24, 2.45) is 0 Å². The predicted molar refractivity (Wildman–Crippen MR) is 64.5 cm³/mol. The number of aromatic nitrogens is 2. The number of aryl methyl sites for hydroxylation is 1. The molecule has 1 unspecified atom stereocenters. The number of imidazole rings is 1. The molecule has 3 rings (SSSR count). The number of rotatable bonds is 1. The van der Waals surface area contributed by atoms with Crippen LogP contribution in [0, 0.1) is 6.92 Å². The van der Waals surface area contributed by atoms with Crippen LogP contribution in [0.1, 0.15) is 30.1 Å². The molecular weight excluding hydrogens is 198 g/mol. The van der Waals surface area contributed by atoms with E-state index >= 15 is 0 Å². The quantitative estimate of drug-likeness (QED) is 0.728. The molecule has 16 heavy (non-hydrogen) atoms. The molecule has 0 aliphatic carbocycles. The van der Waals surface area contributed by atoms with E-state index in [9.17, 15) is 0 Å². The summed E-state index contributed by atoms with van der Waals surface area (Å²) in [7, 11) is 2.19. The molecular formula is C13H17N3. The molecule has 3 nitrogen and oxygen atoms in total. The summed E-state index contributed by atoms with van der Waals surface area (Å²) in [5.74, 6) is 0. The van der Waals surface area contributed by atoms with Crippen LogP contribution in [-0.2, 0) is 0 Å². The zero-order chi connectivity index (χ0) is 11.1. The Balaban J connectivity index is 2.04. The number of pyridine rings is 1. The first-order valence-corrected chi connectivity index (χ1v) is 5.89. The maximum atomic E-state index is 4.71.